The summed E-state index contributed by atoms with van der Waals surface area (Å²) in [5, 5.41) is 20.6. The van der Waals surface area contributed by atoms with E-state index in [1.807, 2.05) is 0 Å². The summed E-state index contributed by atoms with van der Waals surface area (Å²) in [7, 11) is 1.17. The lowest BCUT2D eigenvalue weighted by Gasteiger charge is -2.49. The van der Waals surface area contributed by atoms with E-state index in [1.54, 1.807) is 6.07 Å². The molecule has 2 heterocycles. The van der Waals surface area contributed by atoms with Crippen LogP contribution < -0.4 is 11.1 Å². The lowest BCUT2D eigenvalue weighted by Crippen LogP contribution is -2.70. The highest BCUT2D eigenvalue weighted by Gasteiger charge is 2.54. The molecule has 0 spiro atoms. The normalized spacial score (nSPS) is 19.5. The lowest BCUT2D eigenvalue weighted by molar-refractivity contribution is -0.150. The Morgan fingerprint density at radius 1 is 1.29 bits per heavy atom. The minimum absolute atomic E-state index is 0.0420. The molecule has 0 radical (unpaired) electrons. The first kappa shape index (κ1) is 28.1. The Morgan fingerprint density at radius 2 is 1.94 bits per heavy atom. The van der Waals surface area contributed by atoms with Crippen molar-refractivity contribution >= 4 is 70.9 Å². The number of carbonyl (C=O) groups excluding carboxylic acids is 5. The molecule has 13 nitrogen and oxygen atoms in total. The fourth-order valence-electron chi connectivity index (χ4n) is 2.90. The number of nitrogens with two attached hydrogens (primary N) is 1. The van der Waals surface area contributed by atoms with Crippen molar-refractivity contribution in [1.29, 1.82) is 5.26 Å². The Kier molecular flexibility index (Phi) is 10.0. The number of fused-ring (bicyclic) bond motifs is 1. The highest BCUT2D eigenvalue weighted by atomic mass is 32.2. The topological polar surface area (TPSA) is 206 Å². The van der Waals surface area contributed by atoms with Gasteiger partial charge in [0.1, 0.15) is 35.4 Å². The average molecular weight is 545 g/mol. The number of nitriles is 1. The summed E-state index contributed by atoms with van der Waals surface area (Å²) in [5.74, 6) is -5.26. The van der Waals surface area contributed by atoms with Gasteiger partial charge in [0.2, 0.25) is 5.91 Å². The zero-order chi connectivity index (χ0) is 26.3. The molecule has 35 heavy (non-hydrogen) atoms. The minimum atomic E-state index is -1.36. The number of carboxylic acids is 1. The molecular formula is C19H20N4O9S3. The number of primary amides is 1. The summed E-state index contributed by atoms with van der Waals surface area (Å²) in [4.78, 5) is 71.9. The van der Waals surface area contributed by atoms with Gasteiger partial charge in [0.05, 0.1) is 22.9 Å². The first-order chi connectivity index (χ1) is 16.5. The first-order valence-corrected chi connectivity index (χ1v) is 12.6. The standard InChI is InChI=1S/C19H20N4O9S3/c1-8(24)32-4-9-5-33-17-13(16(28)23(17)14(9)18(29)30)22-11(25)6-34-19(10(3-20)15(21)27)35-7-12(26)31-2/h13,17H,4-7H2,1-2H3,(H2,21,27)(H,22,25)(H,29,30)/t13-,17-/m1/s1. The summed E-state index contributed by atoms with van der Waals surface area (Å²) in [5.41, 5.74) is 4.73. The van der Waals surface area contributed by atoms with E-state index in [2.05, 4.69) is 10.1 Å². The molecule has 2 aliphatic rings. The maximum atomic E-state index is 12.6. The maximum Gasteiger partial charge on any atom is 0.352 e. The fraction of sp³-hybridized carbons (Fsp3) is 0.421. The van der Waals surface area contributed by atoms with E-state index in [-0.39, 0.29) is 39.4 Å². The number of thioether (sulfide) groups is 3. The molecule has 4 N–H and O–H groups in total. The Labute approximate surface area is 211 Å². The number of esters is 2. The summed E-state index contributed by atoms with van der Waals surface area (Å²) in [6.07, 6.45) is 0. The molecule has 2 atom stereocenters. The number of hydrogen-bond donors (Lipinski definition) is 3. The van der Waals surface area contributed by atoms with Crippen LogP contribution in [0.1, 0.15) is 6.92 Å². The second kappa shape index (κ2) is 12.5. The van der Waals surface area contributed by atoms with E-state index in [1.165, 1.54) is 25.8 Å². The van der Waals surface area contributed by atoms with Gasteiger partial charge in [-0.15, -0.1) is 35.3 Å². The number of β-lactam (4-membered cyclic amide) rings is 1. The van der Waals surface area contributed by atoms with Crippen molar-refractivity contribution in [2.75, 3.05) is 31.0 Å². The second-order valence-electron chi connectivity index (χ2n) is 6.78. The van der Waals surface area contributed by atoms with Gasteiger partial charge in [-0.05, 0) is 0 Å². The molecule has 0 aromatic rings. The molecule has 1 fully saturated rings. The largest absolute Gasteiger partial charge is 0.477 e. The number of amides is 3. The number of carbonyl (C=O) groups is 6. The van der Waals surface area contributed by atoms with Gasteiger partial charge in [-0.3, -0.25) is 28.9 Å². The average Bonchev–Trinajstić information content (AvgIpc) is 2.81. The van der Waals surface area contributed by atoms with Gasteiger partial charge >= 0.3 is 17.9 Å². The SMILES string of the molecule is COC(=O)CSC(SCC(=O)N[C@@H]1C(=O)N2C(C(=O)O)=C(COC(C)=O)CS[C@H]12)=C(C#N)C(N)=O. The zero-order valence-electron chi connectivity index (χ0n) is 18.4. The smallest absolute Gasteiger partial charge is 0.352 e. The van der Waals surface area contributed by atoms with Gasteiger partial charge in [0.15, 0.2) is 0 Å². The molecule has 0 aromatic heterocycles. The van der Waals surface area contributed by atoms with Crippen molar-refractivity contribution in [2.24, 2.45) is 5.73 Å². The van der Waals surface area contributed by atoms with Crippen molar-refractivity contribution in [1.82, 2.24) is 10.2 Å². The predicted molar refractivity (Wildman–Crippen MR) is 125 cm³/mol. The Morgan fingerprint density at radius 3 is 2.49 bits per heavy atom. The summed E-state index contributed by atoms with van der Waals surface area (Å²) in [6.45, 7) is 0.906. The van der Waals surface area contributed by atoms with E-state index < -0.39 is 52.6 Å². The highest BCUT2D eigenvalue weighted by molar-refractivity contribution is 8.22. The summed E-state index contributed by atoms with van der Waals surface area (Å²) < 4.78 is 9.42. The van der Waals surface area contributed by atoms with Crippen LogP contribution in [0.15, 0.2) is 21.1 Å². The third kappa shape index (κ3) is 6.93. The molecule has 1 saturated heterocycles. The molecule has 0 bridgehead atoms. The van der Waals surface area contributed by atoms with Gasteiger partial charge in [-0.1, -0.05) is 0 Å². The van der Waals surface area contributed by atoms with Crippen LogP contribution in [0, 0.1) is 11.3 Å². The van der Waals surface area contributed by atoms with E-state index in [0.717, 1.165) is 28.4 Å². The molecule has 3 amide bonds. The van der Waals surface area contributed by atoms with Crippen molar-refractivity contribution in [3.05, 3.63) is 21.1 Å². The van der Waals surface area contributed by atoms with Crippen LogP contribution in [0.5, 0.6) is 0 Å². The third-order valence-corrected chi connectivity index (χ3v) is 8.23. The monoisotopic (exact) mass is 544 g/mol. The fourth-order valence-corrected chi connectivity index (χ4v) is 6.21. The van der Waals surface area contributed by atoms with Gasteiger partial charge in [-0.2, -0.15) is 5.26 Å². The van der Waals surface area contributed by atoms with Crippen LogP contribution >= 0.6 is 35.3 Å². The van der Waals surface area contributed by atoms with Crippen LogP contribution in [0.2, 0.25) is 0 Å². The zero-order valence-corrected chi connectivity index (χ0v) is 20.8. The van der Waals surface area contributed by atoms with Gasteiger partial charge < -0.3 is 25.6 Å². The van der Waals surface area contributed by atoms with E-state index in [9.17, 15) is 39.1 Å². The molecule has 188 valence electrons. The van der Waals surface area contributed by atoms with Crippen molar-refractivity contribution < 1.29 is 43.3 Å². The van der Waals surface area contributed by atoms with E-state index >= 15 is 0 Å². The molecule has 2 rings (SSSR count). The molecule has 2 aliphatic heterocycles. The van der Waals surface area contributed by atoms with E-state index in [0.29, 0.717) is 0 Å². The molecule has 16 heteroatoms. The predicted octanol–water partition coefficient (Wildman–Crippen LogP) is -0.852. The number of methoxy groups -OCH3 is 1. The van der Waals surface area contributed by atoms with Gasteiger partial charge in [0, 0.05) is 18.2 Å². The van der Waals surface area contributed by atoms with Crippen molar-refractivity contribution in [2.45, 2.75) is 18.3 Å². The van der Waals surface area contributed by atoms with Crippen molar-refractivity contribution in [3.63, 3.8) is 0 Å². The number of ether oxygens (including phenoxy) is 2. The van der Waals surface area contributed by atoms with Crippen LogP contribution in [-0.4, -0.2) is 88.0 Å². The molecular weight excluding hydrogens is 524 g/mol. The number of hydrogen-bond acceptors (Lipinski definition) is 12. The third-order valence-electron chi connectivity index (χ3n) is 4.46. The van der Waals surface area contributed by atoms with Gasteiger partial charge in [0.25, 0.3) is 11.8 Å². The Bertz CT molecular complexity index is 1070. The number of nitrogens with zero attached hydrogens (tertiary/aromatic N) is 2. The molecule has 0 saturated carbocycles. The number of rotatable bonds is 11. The number of aliphatic carboxylic acids is 1. The first-order valence-electron chi connectivity index (χ1n) is 9.61. The summed E-state index contributed by atoms with van der Waals surface area (Å²) in [6, 6.07) is 0.634. The number of carboxylic acid groups (broad SMARTS) is 1. The van der Waals surface area contributed by atoms with Crippen LogP contribution in [0.25, 0.3) is 0 Å². The van der Waals surface area contributed by atoms with E-state index in [4.69, 9.17) is 10.5 Å². The Hall–Kier alpha value is -3.16. The van der Waals surface area contributed by atoms with Crippen LogP contribution in [0.3, 0.4) is 0 Å². The summed E-state index contributed by atoms with van der Waals surface area (Å²) >= 11 is 2.78. The molecule has 0 unspecified atom stereocenters. The highest BCUT2D eigenvalue weighted by Crippen LogP contribution is 2.40. The van der Waals surface area contributed by atoms with Crippen molar-refractivity contribution in [3.8, 4) is 6.07 Å². The van der Waals surface area contributed by atoms with Gasteiger partial charge in [-0.25, -0.2) is 4.79 Å². The lowest BCUT2D eigenvalue weighted by atomic mass is 10.0. The minimum Gasteiger partial charge on any atom is -0.477 e. The molecule has 0 aliphatic carbocycles. The molecule has 0 aromatic carbocycles. The maximum absolute atomic E-state index is 12.6. The Balaban J connectivity index is 2.06. The number of nitrogens with one attached hydrogen (secondary N) is 1. The van der Waals surface area contributed by atoms with Crippen LogP contribution in [-0.2, 0) is 38.2 Å². The second-order valence-corrected chi connectivity index (χ2v) is 10.1. The quantitative estimate of drug-likeness (QED) is 0.125. The van der Waals surface area contributed by atoms with Crippen LogP contribution in [0.4, 0.5) is 0 Å².